The Morgan fingerprint density at radius 3 is 2.60 bits per heavy atom. The molecule has 1 aromatic heterocycles. The standard InChI is InChI=1S/C19H18ClN3OS/c1-12-4-3-9-23(11-12)17-16(13-5-7-14(20)8-6-13)15(10-21)18(25)22-19(17,2)24/h3-9,11,16-17,21,24H,1-2H3/p+1. The molecule has 3 rings (SSSR count). The summed E-state index contributed by atoms with van der Waals surface area (Å²) in [5.41, 5.74) is 1.24. The van der Waals surface area contributed by atoms with Crippen LogP contribution in [0.4, 0.5) is 0 Å². The third kappa shape index (κ3) is 3.37. The largest absolute Gasteiger partial charge is 0.366 e. The summed E-state index contributed by atoms with van der Waals surface area (Å²) >= 11 is 11.4. The van der Waals surface area contributed by atoms with Crippen molar-refractivity contribution >= 4 is 34.7 Å². The average molecular weight is 373 g/mol. The first-order chi connectivity index (χ1) is 11.8. The first-order valence-corrected chi connectivity index (χ1v) is 8.69. The van der Waals surface area contributed by atoms with Gasteiger partial charge in [0.1, 0.15) is 4.99 Å². The van der Waals surface area contributed by atoms with Gasteiger partial charge < -0.3 is 10.4 Å². The van der Waals surface area contributed by atoms with Crippen molar-refractivity contribution in [1.82, 2.24) is 5.32 Å². The number of benzene rings is 1. The number of rotatable bonds is 2. The second kappa shape index (κ2) is 6.70. The molecule has 128 valence electrons. The predicted molar refractivity (Wildman–Crippen MR) is 102 cm³/mol. The molecule has 25 heavy (non-hydrogen) atoms. The van der Waals surface area contributed by atoms with Crippen molar-refractivity contribution in [1.29, 1.82) is 5.41 Å². The maximum absolute atomic E-state index is 11.1. The van der Waals surface area contributed by atoms with Crippen LogP contribution in [0.1, 0.15) is 30.0 Å². The van der Waals surface area contributed by atoms with Gasteiger partial charge in [-0.05, 0) is 43.5 Å². The van der Waals surface area contributed by atoms with Crippen molar-refractivity contribution in [3.63, 3.8) is 0 Å². The molecule has 6 heteroatoms. The predicted octanol–water partition coefficient (Wildman–Crippen LogP) is 3.07. The monoisotopic (exact) mass is 372 g/mol. The first-order valence-electron chi connectivity index (χ1n) is 7.91. The Balaban J connectivity index is 2.23. The molecule has 3 atom stereocenters. The van der Waals surface area contributed by atoms with Gasteiger partial charge in [0.05, 0.1) is 11.5 Å². The second-order valence-electron chi connectivity index (χ2n) is 6.44. The van der Waals surface area contributed by atoms with Gasteiger partial charge in [-0.25, -0.2) is 0 Å². The van der Waals surface area contributed by atoms with Crippen LogP contribution >= 0.6 is 23.8 Å². The van der Waals surface area contributed by atoms with Gasteiger partial charge in [-0.3, -0.25) is 5.41 Å². The van der Waals surface area contributed by atoms with E-state index in [4.69, 9.17) is 29.2 Å². The van der Waals surface area contributed by atoms with Crippen molar-refractivity contribution < 1.29 is 9.67 Å². The van der Waals surface area contributed by atoms with Crippen LogP contribution in [0, 0.1) is 12.3 Å². The molecular weight excluding hydrogens is 354 g/mol. The number of hydrogen-bond donors (Lipinski definition) is 3. The number of aryl methyl sites for hydroxylation is 1. The molecule has 3 N–H and O–H groups in total. The van der Waals surface area contributed by atoms with Crippen LogP contribution in [0.15, 0.2) is 54.4 Å². The Bertz CT molecular complexity index is 872. The van der Waals surface area contributed by atoms with Crippen LogP contribution in [0.3, 0.4) is 0 Å². The number of piperidine rings is 1. The highest BCUT2D eigenvalue weighted by Gasteiger charge is 2.52. The topological polar surface area (TPSA) is 60.0 Å². The Labute approximate surface area is 157 Å². The van der Waals surface area contributed by atoms with Crippen molar-refractivity contribution in [2.45, 2.75) is 31.5 Å². The van der Waals surface area contributed by atoms with E-state index < -0.39 is 11.8 Å². The van der Waals surface area contributed by atoms with Gasteiger partial charge in [0, 0.05) is 16.7 Å². The van der Waals surface area contributed by atoms with Crippen LogP contribution in [0.25, 0.3) is 0 Å². The lowest BCUT2D eigenvalue weighted by Crippen LogP contribution is -2.66. The number of nitrogens with zero attached hydrogens (tertiary/aromatic N) is 1. The van der Waals surface area contributed by atoms with Crippen LogP contribution in [-0.4, -0.2) is 21.7 Å². The van der Waals surface area contributed by atoms with Gasteiger partial charge in [-0.15, -0.1) is 0 Å². The molecule has 1 saturated heterocycles. The number of halogens is 1. The Morgan fingerprint density at radius 2 is 2.00 bits per heavy atom. The number of aromatic nitrogens is 1. The van der Waals surface area contributed by atoms with Gasteiger partial charge >= 0.3 is 0 Å². The fourth-order valence-electron chi connectivity index (χ4n) is 3.40. The molecule has 3 unspecified atom stereocenters. The maximum Gasteiger partial charge on any atom is 0.216 e. The Kier molecular flexibility index (Phi) is 4.76. The maximum atomic E-state index is 11.1. The van der Waals surface area contributed by atoms with Gasteiger partial charge in [0.15, 0.2) is 18.1 Å². The molecule has 2 aromatic rings. The van der Waals surface area contributed by atoms with Crippen LogP contribution in [0.2, 0.25) is 5.02 Å². The smallest absolute Gasteiger partial charge is 0.216 e. The van der Waals surface area contributed by atoms with E-state index in [1.807, 2.05) is 48.1 Å². The number of thiocarbonyl (C=S) groups is 1. The van der Waals surface area contributed by atoms with Gasteiger partial charge in [0.2, 0.25) is 6.04 Å². The average Bonchev–Trinajstić information content (AvgIpc) is 2.54. The van der Waals surface area contributed by atoms with Crippen LogP contribution in [-0.2, 0) is 0 Å². The van der Waals surface area contributed by atoms with E-state index >= 15 is 0 Å². The molecule has 1 aliphatic rings. The van der Waals surface area contributed by atoms with Crippen molar-refractivity contribution in [3.8, 4) is 0 Å². The Morgan fingerprint density at radius 1 is 1.32 bits per heavy atom. The van der Waals surface area contributed by atoms with E-state index in [1.165, 1.54) is 0 Å². The minimum absolute atomic E-state index is 0.328. The van der Waals surface area contributed by atoms with E-state index in [9.17, 15) is 5.11 Å². The minimum Gasteiger partial charge on any atom is -0.366 e. The lowest BCUT2D eigenvalue weighted by atomic mass is 9.77. The summed E-state index contributed by atoms with van der Waals surface area (Å²) in [4.78, 5) is 0.337. The number of hydrogen-bond acceptors (Lipinski definition) is 3. The fraction of sp³-hybridized carbons (Fsp3) is 0.263. The SMILES string of the molecule is Cc1ccc[n+](C2C(c3ccc(Cl)cc3)C(=C=N)C(=S)NC2(C)O)c1. The summed E-state index contributed by atoms with van der Waals surface area (Å²) in [7, 11) is 0. The molecular formula is C19H19ClN3OS+. The molecule has 0 spiro atoms. The number of pyridine rings is 1. The van der Waals surface area contributed by atoms with Crippen molar-refractivity contribution in [3.05, 3.63) is 70.5 Å². The molecule has 0 amide bonds. The zero-order valence-corrected chi connectivity index (χ0v) is 15.5. The lowest BCUT2D eigenvalue weighted by Gasteiger charge is -2.40. The summed E-state index contributed by atoms with van der Waals surface area (Å²) in [6.45, 7) is 3.69. The Hall–Kier alpha value is -2.04. The zero-order chi connectivity index (χ0) is 18.2. The van der Waals surface area contributed by atoms with E-state index in [1.54, 1.807) is 19.1 Å². The summed E-state index contributed by atoms with van der Waals surface area (Å²) in [5.74, 6) is 2.15. The van der Waals surface area contributed by atoms with E-state index in [0.717, 1.165) is 11.1 Å². The number of aliphatic hydroxyl groups is 1. The minimum atomic E-state index is -1.29. The normalized spacial score (nSPS) is 26.1. The lowest BCUT2D eigenvalue weighted by molar-refractivity contribution is -0.740. The van der Waals surface area contributed by atoms with Gasteiger partial charge in [-0.2, -0.15) is 4.57 Å². The molecule has 1 fully saturated rings. The zero-order valence-electron chi connectivity index (χ0n) is 14.0. The number of nitrogens with one attached hydrogen (secondary N) is 2. The third-order valence-corrected chi connectivity index (χ3v) is 5.04. The quantitative estimate of drug-likeness (QED) is 0.328. The molecule has 0 saturated carbocycles. The summed E-state index contributed by atoms with van der Waals surface area (Å²) in [6, 6.07) is 10.9. The first kappa shape index (κ1) is 17.8. The highest BCUT2D eigenvalue weighted by atomic mass is 35.5. The molecule has 0 bridgehead atoms. The molecule has 4 nitrogen and oxygen atoms in total. The van der Waals surface area contributed by atoms with Crippen LogP contribution in [0.5, 0.6) is 0 Å². The molecule has 0 aliphatic carbocycles. The van der Waals surface area contributed by atoms with E-state index in [2.05, 4.69) is 11.2 Å². The highest BCUT2D eigenvalue weighted by Crippen LogP contribution is 2.41. The molecule has 1 aromatic carbocycles. The summed E-state index contributed by atoms with van der Waals surface area (Å²) in [5, 5.41) is 22.4. The van der Waals surface area contributed by atoms with Gasteiger partial charge in [0.25, 0.3) is 0 Å². The van der Waals surface area contributed by atoms with Crippen molar-refractivity contribution in [2.75, 3.05) is 0 Å². The van der Waals surface area contributed by atoms with Gasteiger partial charge in [-0.1, -0.05) is 36.0 Å². The molecule has 0 radical (unpaired) electrons. The summed E-state index contributed by atoms with van der Waals surface area (Å²) < 4.78 is 1.96. The van der Waals surface area contributed by atoms with E-state index in [-0.39, 0.29) is 5.92 Å². The fourth-order valence-corrected chi connectivity index (χ4v) is 3.91. The van der Waals surface area contributed by atoms with Crippen molar-refractivity contribution in [2.24, 2.45) is 0 Å². The molecule has 1 aliphatic heterocycles. The van der Waals surface area contributed by atoms with Crippen LogP contribution < -0.4 is 9.88 Å². The van der Waals surface area contributed by atoms with E-state index in [0.29, 0.717) is 15.6 Å². The third-order valence-electron chi connectivity index (χ3n) is 4.47. The molecule has 2 heterocycles. The summed E-state index contributed by atoms with van der Waals surface area (Å²) in [6.07, 6.45) is 3.88. The highest BCUT2D eigenvalue weighted by molar-refractivity contribution is 7.80. The second-order valence-corrected chi connectivity index (χ2v) is 7.29.